The SMILES string of the molecule is COc1ccc2c(c1)CCCN2C(=O)c1cnccc1Cl. The second-order valence-electron chi connectivity index (χ2n) is 4.91. The molecule has 0 saturated carbocycles. The van der Waals surface area contributed by atoms with E-state index in [1.165, 1.54) is 6.20 Å². The van der Waals surface area contributed by atoms with E-state index in [-0.39, 0.29) is 5.91 Å². The molecule has 0 aliphatic carbocycles. The number of hydrogen-bond donors (Lipinski definition) is 0. The van der Waals surface area contributed by atoms with E-state index in [2.05, 4.69) is 4.98 Å². The molecular weight excluding hydrogens is 288 g/mol. The van der Waals surface area contributed by atoms with Gasteiger partial charge < -0.3 is 9.64 Å². The Morgan fingerprint density at radius 1 is 1.38 bits per heavy atom. The van der Waals surface area contributed by atoms with E-state index in [4.69, 9.17) is 16.3 Å². The number of aromatic nitrogens is 1. The highest BCUT2D eigenvalue weighted by Crippen LogP contribution is 2.32. The van der Waals surface area contributed by atoms with Gasteiger partial charge in [0.1, 0.15) is 5.75 Å². The Labute approximate surface area is 128 Å². The molecule has 21 heavy (non-hydrogen) atoms. The lowest BCUT2D eigenvalue weighted by Gasteiger charge is -2.30. The third-order valence-corrected chi connectivity index (χ3v) is 3.98. The molecule has 0 bridgehead atoms. The molecule has 1 aromatic heterocycles. The molecular formula is C16H15ClN2O2. The van der Waals surface area contributed by atoms with Crippen LogP contribution < -0.4 is 9.64 Å². The van der Waals surface area contributed by atoms with Crippen LogP contribution in [-0.4, -0.2) is 24.5 Å². The molecule has 0 fully saturated rings. The van der Waals surface area contributed by atoms with Crippen LogP contribution >= 0.6 is 11.6 Å². The van der Waals surface area contributed by atoms with E-state index in [9.17, 15) is 4.79 Å². The van der Waals surface area contributed by atoms with E-state index >= 15 is 0 Å². The number of methoxy groups -OCH3 is 1. The summed E-state index contributed by atoms with van der Waals surface area (Å²) < 4.78 is 5.25. The minimum absolute atomic E-state index is 0.112. The van der Waals surface area contributed by atoms with Crippen LogP contribution in [0.2, 0.25) is 5.02 Å². The predicted octanol–water partition coefficient (Wildman–Crippen LogP) is 3.34. The average molecular weight is 303 g/mol. The molecule has 1 aliphatic rings. The topological polar surface area (TPSA) is 42.4 Å². The van der Waals surface area contributed by atoms with Crippen LogP contribution in [0.1, 0.15) is 22.3 Å². The summed E-state index contributed by atoms with van der Waals surface area (Å²) in [5.74, 6) is 0.696. The maximum atomic E-state index is 12.7. The monoisotopic (exact) mass is 302 g/mol. The number of carbonyl (C=O) groups is 1. The van der Waals surface area contributed by atoms with Crippen molar-refractivity contribution in [1.29, 1.82) is 0 Å². The van der Waals surface area contributed by atoms with Crippen molar-refractivity contribution < 1.29 is 9.53 Å². The zero-order valence-electron chi connectivity index (χ0n) is 11.7. The fraction of sp³-hybridized carbons (Fsp3) is 0.250. The third kappa shape index (κ3) is 2.59. The van der Waals surface area contributed by atoms with Gasteiger partial charge in [0.15, 0.2) is 0 Å². The summed E-state index contributed by atoms with van der Waals surface area (Å²) in [6.45, 7) is 0.684. The van der Waals surface area contributed by atoms with Gasteiger partial charge in [-0.3, -0.25) is 9.78 Å². The summed E-state index contributed by atoms with van der Waals surface area (Å²) in [4.78, 5) is 18.5. The first kappa shape index (κ1) is 13.9. The summed E-state index contributed by atoms with van der Waals surface area (Å²) in [7, 11) is 1.64. The average Bonchev–Trinajstić information content (AvgIpc) is 2.53. The number of ether oxygens (including phenoxy) is 1. The van der Waals surface area contributed by atoms with Gasteiger partial charge in [-0.05, 0) is 42.7 Å². The van der Waals surface area contributed by atoms with Crippen molar-refractivity contribution in [2.24, 2.45) is 0 Å². The number of halogens is 1. The van der Waals surface area contributed by atoms with Crippen LogP contribution in [0.25, 0.3) is 0 Å². The quantitative estimate of drug-likeness (QED) is 0.854. The molecule has 4 nitrogen and oxygen atoms in total. The molecule has 0 radical (unpaired) electrons. The number of fused-ring (bicyclic) bond motifs is 1. The van der Waals surface area contributed by atoms with Crippen molar-refractivity contribution in [2.45, 2.75) is 12.8 Å². The molecule has 2 heterocycles. The van der Waals surface area contributed by atoms with Gasteiger partial charge in [0.25, 0.3) is 5.91 Å². The highest BCUT2D eigenvalue weighted by atomic mass is 35.5. The first-order valence-electron chi connectivity index (χ1n) is 6.79. The Kier molecular flexibility index (Phi) is 3.80. The van der Waals surface area contributed by atoms with Gasteiger partial charge in [-0.1, -0.05) is 11.6 Å². The summed E-state index contributed by atoms with van der Waals surface area (Å²) >= 11 is 6.11. The van der Waals surface area contributed by atoms with Gasteiger partial charge in [-0.15, -0.1) is 0 Å². The summed E-state index contributed by atoms with van der Waals surface area (Å²) in [5, 5.41) is 0.427. The number of amides is 1. The lowest BCUT2D eigenvalue weighted by molar-refractivity contribution is 0.0985. The summed E-state index contributed by atoms with van der Waals surface area (Å²) in [5.41, 5.74) is 2.48. The van der Waals surface area contributed by atoms with Crippen molar-refractivity contribution in [3.05, 3.63) is 52.8 Å². The number of pyridine rings is 1. The lowest BCUT2D eigenvalue weighted by Crippen LogP contribution is -2.35. The predicted molar refractivity (Wildman–Crippen MR) is 82.2 cm³/mol. The minimum atomic E-state index is -0.112. The number of hydrogen-bond acceptors (Lipinski definition) is 3. The van der Waals surface area contributed by atoms with Crippen molar-refractivity contribution in [3.63, 3.8) is 0 Å². The fourth-order valence-corrected chi connectivity index (χ4v) is 2.78. The van der Waals surface area contributed by atoms with Crippen molar-refractivity contribution >= 4 is 23.2 Å². The standard InChI is InChI=1S/C16H15ClN2O2/c1-21-12-4-5-15-11(9-12)3-2-8-19(15)16(20)13-10-18-7-6-14(13)17/h4-7,9-10H,2-3,8H2,1H3. The molecule has 1 aromatic carbocycles. The number of aryl methyl sites for hydroxylation is 1. The lowest BCUT2D eigenvalue weighted by atomic mass is 10.0. The van der Waals surface area contributed by atoms with Crippen LogP contribution in [-0.2, 0) is 6.42 Å². The van der Waals surface area contributed by atoms with E-state index < -0.39 is 0 Å². The van der Waals surface area contributed by atoms with Gasteiger partial charge in [0, 0.05) is 24.6 Å². The van der Waals surface area contributed by atoms with Gasteiger partial charge in [-0.25, -0.2) is 0 Å². The normalized spacial score (nSPS) is 13.7. The maximum absolute atomic E-state index is 12.7. The zero-order valence-corrected chi connectivity index (χ0v) is 12.4. The summed E-state index contributed by atoms with van der Waals surface area (Å²) in [6.07, 6.45) is 4.96. The molecule has 2 aromatic rings. The van der Waals surface area contributed by atoms with E-state index in [0.29, 0.717) is 17.1 Å². The van der Waals surface area contributed by atoms with Gasteiger partial charge in [-0.2, -0.15) is 0 Å². The van der Waals surface area contributed by atoms with Gasteiger partial charge in [0.05, 0.1) is 17.7 Å². The molecule has 0 saturated heterocycles. The smallest absolute Gasteiger partial charge is 0.261 e. The first-order valence-corrected chi connectivity index (χ1v) is 7.17. The molecule has 108 valence electrons. The van der Waals surface area contributed by atoms with Crippen LogP contribution in [0.5, 0.6) is 5.75 Å². The minimum Gasteiger partial charge on any atom is -0.497 e. The van der Waals surface area contributed by atoms with E-state index in [1.807, 2.05) is 18.2 Å². The molecule has 0 unspecified atom stereocenters. The van der Waals surface area contributed by atoms with Crippen LogP contribution in [0.15, 0.2) is 36.7 Å². The number of benzene rings is 1. The van der Waals surface area contributed by atoms with Crippen molar-refractivity contribution in [2.75, 3.05) is 18.6 Å². The third-order valence-electron chi connectivity index (χ3n) is 3.65. The van der Waals surface area contributed by atoms with E-state index in [1.54, 1.807) is 24.3 Å². The highest BCUT2D eigenvalue weighted by molar-refractivity contribution is 6.34. The van der Waals surface area contributed by atoms with Crippen LogP contribution in [0, 0.1) is 0 Å². The van der Waals surface area contributed by atoms with Crippen LogP contribution in [0.3, 0.4) is 0 Å². The highest BCUT2D eigenvalue weighted by Gasteiger charge is 2.25. The van der Waals surface area contributed by atoms with Crippen molar-refractivity contribution in [3.8, 4) is 5.75 Å². The Morgan fingerprint density at radius 3 is 3.00 bits per heavy atom. The largest absolute Gasteiger partial charge is 0.497 e. The van der Waals surface area contributed by atoms with E-state index in [0.717, 1.165) is 29.8 Å². The van der Waals surface area contributed by atoms with Gasteiger partial charge >= 0.3 is 0 Å². The maximum Gasteiger partial charge on any atom is 0.261 e. The van der Waals surface area contributed by atoms with Crippen LogP contribution in [0.4, 0.5) is 5.69 Å². The second kappa shape index (κ2) is 5.74. The molecule has 5 heteroatoms. The number of rotatable bonds is 2. The fourth-order valence-electron chi connectivity index (χ4n) is 2.59. The molecule has 0 spiro atoms. The first-order chi connectivity index (χ1) is 10.2. The Morgan fingerprint density at radius 2 is 2.24 bits per heavy atom. The Bertz CT molecular complexity index is 688. The van der Waals surface area contributed by atoms with Gasteiger partial charge in [0.2, 0.25) is 0 Å². The molecule has 0 N–H and O–H groups in total. The number of anilines is 1. The molecule has 3 rings (SSSR count). The number of nitrogens with zero attached hydrogens (tertiary/aromatic N) is 2. The Balaban J connectivity index is 1.99. The molecule has 1 aliphatic heterocycles. The Hall–Kier alpha value is -2.07. The molecule has 0 atom stereocenters. The second-order valence-corrected chi connectivity index (χ2v) is 5.32. The summed E-state index contributed by atoms with van der Waals surface area (Å²) in [6, 6.07) is 7.41. The molecule has 1 amide bonds. The number of carbonyl (C=O) groups excluding carboxylic acids is 1. The van der Waals surface area contributed by atoms with Crippen molar-refractivity contribution in [1.82, 2.24) is 4.98 Å². The zero-order chi connectivity index (χ0) is 14.8.